The maximum absolute atomic E-state index is 12.9. The molecule has 0 saturated carbocycles. The number of nitrogens with zero attached hydrogens (tertiary/aromatic N) is 2. The Hall–Kier alpha value is -4.63. The Bertz CT molecular complexity index is 1430. The summed E-state index contributed by atoms with van der Waals surface area (Å²) in [6.45, 7) is 0. The molecule has 180 valence electrons. The number of benzene rings is 4. The highest BCUT2D eigenvalue weighted by atomic mass is 32.2. The molecule has 5 rings (SSSR count). The summed E-state index contributed by atoms with van der Waals surface area (Å²) in [7, 11) is 1.71. The summed E-state index contributed by atoms with van der Waals surface area (Å²) in [4.78, 5) is 25.9. The molecule has 3 N–H and O–H groups in total. The van der Waals surface area contributed by atoms with Crippen molar-refractivity contribution in [2.75, 3.05) is 21.1 Å². The Kier molecular flexibility index (Phi) is 6.38. The van der Waals surface area contributed by atoms with Gasteiger partial charge in [-0.05, 0) is 59.7 Å². The van der Waals surface area contributed by atoms with Crippen LogP contribution in [0.1, 0.15) is 10.4 Å². The largest absolute Gasteiger partial charge is 0.478 e. The van der Waals surface area contributed by atoms with Crippen LogP contribution in [0, 0.1) is 0 Å². The fraction of sp³-hybridized carbons (Fsp3) is 0.0370. The monoisotopic (exact) mass is 498 g/mol. The van der Waals surface area contributed by atoms with Crippen molar-refractivity contribution in [3.05, 3.63) is 103 Å². The number of carboxylic acid groups (broad SMARTS) is 1. The summed E-state index contributed by atoms with van der Waals surface area (Å²) in [5.74, 6) is -0.241. The minimum Gasteiger partial charge on any atom is -0.478 e. The Morgan fingerprint density at radius 1 is 0.917 bits per heavy atom. The Morgan fingerprint density at radius 3 is 2.47 bits per heavy atom. The van der Waals surface area contributed by atoms with Crippen LogP contribution in [-0.4, -0.2) is 24.2 Å². The molecule has 1 heterocycles. The molecule has 36 heavy (non-hydrogen) atoms. The molecule has 0 aromatic heterocycles. The molecule has 9 heteroatoms. The zero-order chi connectivity index (χ0) is 25.1. The number of fused-ring (bicyclic) bond motifs is 1. The summed E-state index contributed by atoms with van der Waals surface area (Å²) < 4.78 is 10.6. The van der Waals surface area contributed by atoms with Gasteiger partial charge in [-0.3, -0.25) is 4.90 Å². The number of anilines is 3. The summed E-state index contributed by atoms with van der Waals surface area (Å²) >= 11 is 1.30. The van der Waals surface area contributed by atoms with E-state index in [-0.39, 0.29) is 17.3 Å². The van der Waals surface area contributed by atoms with Gasteiger partial charge in [0.2, 0.25) is 0 Å². The highest BCUT2D eigenvalue weighted by molar-refractivity contribution is 8.02. The van der Waals surface area contributed by atoms with Crippen LogP contribution in [0.2, 0.25) is 0 Å². The van der Waals surface area contributed by atoms with E-state index in [1.807, 2.05) is 60.7 Å². The summed E-state index contributed by atoms with van der Waals surface area (Å²) in [6.07, 6.45) is 0. The zero-order valence-electron chi connectivity index (χ0n) is 19.2. The molecule has 0 aliphatic carbocycles. The van der Waals surface area contributed by atoms with Gasteiger partial charge in [0, 0.05) is 12.7 Å². The van der Waals surface area contributed by atoms with Gasteiger partial charge < -0.3 is 14.6 Å². The van der Waals surface area contributed by atoms with Crippen molar-refractivity contribution in [3.63, 3.8) is 0 Å². The predicted molar refractivity (Wildman–Crippen MR) is 142 cm³/mol. The van der Waals surface area contributed by atoms with Crippen LogP contribution in [0.3, 0.4) is 0 Å². The van der Waals surface area contributed by atoms with Crippen LogP contribution < -0.4 is 24.2 Å². The molecular formula is C27H22N4O4S. The molecule has 0 bridgehead atoms. The minimum absolute atomic E-state index is 0.0993. The first-order valence-electron chi connectivity index (χ1n) is 11.1. The topological polar surface area (TPSA) is 94.1 Å². The van der Waals surface area contributed by atoms with Gasteiger partial charge in [-0.25, -0.2) is 19.4 Å². The van der Waals surface area contributed by atoms with Crippen LogP contribution in [-0.2, 0) is 0 Å². The molecule has 1 aliphatic rings. The van der Waals surface area contributed by atoms with Gasteiger partial charge in [-0.1, -0.05) is 48.5 Å². The molecule has 0 saturated heterocycles. The van der Waals surface area contributed by atoms with E-state index in [9.17, 15) is 14.7 Å². The van der Waals surface area contributed by atoms with Crippen LogP contribution >= 0.6 is 12.1 Å². The standard InChI is InChI=1S/C27H22N4O4S/c1-30(27(34)28-31-24-11-4-3-10-23(24)29-36-31)20-8-6-7-19(17-20)18-13-15-21(16-14-18)35-25-12-5-2-9-22(25)26(32)33/h2-17,29H,1H3,(H,28,34)(H,32,33). The molecule has 2 amide bonds. The predicted octanol–water partition coefficient (Wildman–Crippen LogP) is 6.40. The fourth-order valence-corrected chi connectivity index (χ4v) is 4.46. The van der Waals surface area contributed by atoms with Gasteiger partial charge in [-0.2, -0.15) is 0 Å². The highest BCUT2D eigenvalue weighted by Gasteiger charge is 2.23. The SMILES string of the molecule is CN(C(=O)NN1SNc2ccccc21)c1cccc(-c2ccc(Oc3ccccc3C(=O)O)cc2)c1. The number of carboxylic acids is 1. The Morgan fingerprint density at radius 2 is 1.67 bits per heavy atom. The van der Waals surface area contributed by atoms with Crippen molar-refractivity contribution in [2.45, 2.75) is 0 Å². The number of hydrogen-bond acceptors (Lipinski definition) is 6. The second-order valence-corrected chi connectivity index (χ2v) is 8.71. The number of rotatable bonds is 6. The van der Waals surface area contributed by atoms with E-state index in [1.54, 1.807) is 46.7 Å². The first-order valence-corrected chi connectivity index (χ1v) is 11.8. The molecule has 0 spiro atoms. The van der Waals surface area contributed by atoms with Crippen LogP contribution in [0.15, 0.2) is 97.1 Å². The fourth-order valence-electron chi connectivity index (χ4n) is 3.71. The third-order valence-corrected chi connectivity index (χ3v) is 6.42. The number of amides is 2. The van der Waals surface area contributed by atoms with Crippen molar-refractivity contribution >= 4 is 41.2 Å². The van der Waals surface area contributed by atoms with E-state index in [2.05, 4.69) is 10.1 Å². The number of hydrazine groups is 1. The number of nitrogens with one attached hydrogen (secondary N) is 2. The van der Waals surface area contributed by atoms with Gasteiger partial charge in [0.15, 0.2) is 0 Å². The molecule has 4 aromatic carbocycles. The highest BCUT2D eigenvalue weighted by Crippen LogP contribution is 2.37. The molecule has 0 atom stereocenters. The third kappa shape index (κ3) is 4.77. The molecular weight excluding hydrogens is 476 g/mol. The molecule has 1 aliphatic heterocycles. The van der Waals surface area contributed by atoms with E-state index in [1.165, 1.54) is 18.2 Å². The molecule has 4 aromatic rings. The molecule has 0 unspecified atom stereocenters. The first-order chi connectivity index (χ1) is 17.5. The second kappa shape index (κ2) is 9.93. The van der Waals surface area contributed by atoms with Gasteiger partial charge >= 0.3 is 12.0 Å². The molecule has 0 radical (unpaired) electrons. The van der Waals surface area contributed by atoms with Crippen molar-refractivity contribution in [2.24, 2.45) is 0 Å². The Labute approximate surface area is 212 Å². The molecule has 0 fully saturated rings. The normalized spacial score (nSPS) is 11.9. The lowest BCUT2D eigenvalue weighted by Crippen LogP contribution is -2.44. The maximum Gasteiger partial charge on any atom is 0.341 e. The van der Waals surface area contributed by atoms with E-state index < -0.39 is 5.97 Å². The smallest absolute Gasteiger partial charge is 0.341 e. The van der Waals surface area contributed by atoms with Gasteiger partial charge in [0.25, 0.3) is 0 Å². The average Bonchev–Trinajstić information content (AvgIpc) is 3.31. The third-order valence-electron chi connectivity index (χ3n) is 5.64. The number of para-hydroxylation sites is 3. The first kappa shape index (κ1) is 23.1. The average molecular weight is 499 g/mol. The van der Waals surface area contributed by atoms with Crippen molar-refractivity contribution in [1.29, 1.82) is 0 Å². The number of carbonyl (C=O) groups is 2. The number of carbonyl (C=O) groups excluding carboxylic acids is 1. The van der Waals surface area contributed by atoms with Gasteiger partial charge in [-0.15, -0.1) is 0 Å². The number of aromatic carboxylic acids is 1. The van der Waals surface area contributed by atoms with Gasteiger partial charge in [0.05, 0.1) is 23.5 Å². The number of hydrogen-bond donors (Lipinski definition) is 3. The Balaban J connectivity index is 1.29. The van der Waals surface area contributed by atoms with E-state index in [4.69, 9.17) is 4.74 Å². The summed E-state index contributed by atoms with van der Waals surface area (Å²) in [5, 5.41) is 9.35. The van der Waals surface area contributed by atoms with Crippen molar-refractivity contribution < 1.29 is 19.4 Å². The lowest BCUT2D eigenvalue weighted by atomic mass is 10.0. The van der Waals surface area contributed by atoms with E-state index >= 15 is 0 Å². The maximum atomic E-state index is 12.9. The lowest BCUT2D eigenvalue weighted by molar-refractivity contribution is 0.0694. The van der Waals surface area contributed by atoms with Crippen molar-refractivity contribution in [3.8, 4) is 22.6 Å². The quantitative estimate of drug-likeness (QED) is 0.265. The van der Waals surface area contributed by atoms with Crippen LogP contribution in [0.25, 0.3) is 11.1 Å². The van der Waals surface area contributed by atoms with E-state index in [0.717, 1.165) is 28.2 Å². The number of ether oxygens (including phenoxy) is 1. The molecule has 8 nitrogen and oxygen atoms in total. The lowest BCUT2D eigenvalue weighted by Gasteiger charge is -2.23. The van der Waals surface area contributed by atoms with Crippen molar-refractivity contribution in [1.82, 2.24) is 5.43 Å². The minimum atomic E-state index is -1.05. The summed E-state index contributed by atoms with van der Waals surface area (Å²) in [6, 6.07) is 29.0. The van der Waals surface area contributed by atoms with Crippen LogP contribution in [0.4, 0.5) is 21.9 Å². The second-order valence-electron chi connectivity index (χ2n) is 7.96. The zero-order valence-corrected chi connectivity index (χ0v) is 20.0. The van der Waals surface area contributed by atoms with Gasteiger partial charge in [0.1, 0.15) is 17.1 Å². The number of urea groups is 1. The van der Waals surface area contributed by atoms with Crippen LogP contribution in [0.5, 0.6) is 11.5 Å². The van der Waals surface area contributed by atoms with E-state index in [0.29, 0.717) is 5.75 Å². The summed E-state index contributed by atoms with van der Waals surface area (Å²) in [5.41, 5.74) is 7.39.